The van der Waals surface area contributed by atoms with Gasteiger partial charge in [0.1, 0.15) is 11.2 Å². The lowest BCUT2D eigenvalue weighted by atomic mass is 9.88. The van der Waals surface area contributed by atoms with Gasteiger partial charge in [0.25, 0.3) is 0 Å². The fourth-order valence-corrected chi connectivity index (χ4v) is 4.67. The molecule has 0 bridgehead atoms. The normalized spacial score (nSPS) is 18.1. The summed E-state index contributed by atoms with van der Waals surface area (Å²) in [4.78, 5) is 38.1. The molecule has 2 aromatic rings. The zero-order valence-corrected chi connectivity index (χ0v) is 22.6. The van der Waals surface area contributed by atoms with E-state index >= 15 is 0 Å². The van der Waals surface area contributed by atoms with Crippen LogP contribution in [0.5, 0.6) is 0 Å². The molecule has 3 heterocycles. The van der Waals surface area contributed by atoms with Crippen LogP contribution in [-0.4, -0.2) is 70.6 Å². The number of likely N-dealkylation sites (tertiary alicyclic amines) is 1. The molecular formula is C26H35ClN4O5. The Balaban J connectivity index is 1.63. The number of halogens is 1. The van der Waals surface area contributed by atoms with Crippen molar-refractivity contribution in [2.75, 3.05) is 31.2 Å². The Morgan fingerprint density at radius 3 is 2.11 bits per heavy atom. The highest BCUT2D eigenvalue weighted by molar-refractivity contribution is 6.32. The van der Waals surface area contributed by atoms with Gasteiger partial charge in [-0.1, -0.05) is 11.6 Å². The molecule has 2 aliphatic rings. The third-order valence-electron chi connectivity index (χ3n) is 6.14. The van der Waals surface area contributed by atoms with Gasteiger partial charge in [-0.15, -0.1) is 4.90 Å². The number of hydrogen-bond acceptors (Lipinski definition) is 8. The summed E-state index contributed by atoms with van der Waals surface area (Å²) >= 11 is 6.67. The summed E-state index contributed by atoms with van der Waals surface area (Å²) in [7, 11) is 0. The maximum absolute atomic E-state index is 13.0. The number of aromatic nitrogens is 2. The van der Waals surface area contributed by atoms with Crippen molar-refractivity contribution in [3.63, 3.8) is 0 Å². The van der Waals surface area contributed by atoms with Crippen LogP contribution in [0, 0.1) is 0 Å². The highest BCUT2D eigenvalue weighted by Gasteiger charge is 2.35. The van der Waals surface area contributed by atoms with Crippen LogP contribution in [0.4, 0.5) is 15.5 Å². The Morgan fingerprint density at radius 1 is 1.03 bits per heavy atom. The Kier molecular flexibility index (Phi) is 7.46. The number of piperidine rings is 1. The number of carbonyl (C=O) groups is 2. The molecule has 2 aliphatic heterocycles. The van der Waals surface area contributed by atoms with Crippen LogP contribution in [0.3, 0.4) is 0 Å². The Labute approximate surface area is 217 Å². The molecule has 36 heavy (non-hydrogen) atoms. The van der Waals surface area contributed by atoms with Gasteiger partial charge in [-0.05, 0) is 91.1 Å². The zero-order valence-electron chi connectivity index (χ0n) is 21.8. The van der Waals surface area contributed by atoms with E-state index < -0.39 is 23.4 Å². The molecule has 9 nitrogen and oxygen atoms in total. The Bertz CT molecular complexity index is 1100. The first-order valence-electron chi connectivity index (χ1n) is 12.3. The molecule has 2 fully saturated rings. The molecule has 0 unspecified atom stereocenters. The summed E-state index contributed by atoms with van der Waals surface area (Å²) in [5.74, 6) is 0.185. The Morgan fingerprint density at radius 2 is 1.61 bits per heavy atom. The van der Waals surface area contributed by atoms with Crippen molar-refractivity contribution in [3.8, 4) is 0 Å². The van der Waals surface area contributed by atoms with E-state index in [9.17, 15) is 9.59 Å². The van der Waals surface area contributed by atoms with Gasteiger partial charge in [-0.25, -0.2) is 19.6 Å². The summed E-state index contributed by atoms with van der Waals surface area (Å²) in [6.07, 6.45) is 1.72. The van der Waals surface area contributed by atoms with Crippen LogP contribution < -0.4 is 4.90 Å². The van der Waals surface area contributed by atoms with Crippen LogP contribution in [0.25, 0.3) is 10.9 Å². The van der Waals surface area contributed by atoms with Crippen molar-refractivity contribution >= 4 is 40.6 Å². The number of hydrogen-bond donors (Lipinski definition) is 0. The minimum Gasteiger partial charge on any atom is -0.443 e. The van der Waals surface area contributed by atoms with Gasteiger partial charge in [0, 0.05) is 16.6 Å². The Hall–Kier alpha value is -2.49. The fraction of sp³-hybridized carbons (Fsp3) is 0.615. The lowest BCUT2D eigenvalue weighted by molar-refractivity contribution is -0.0712. The molecule has 0 N–H and O–H groups in total. The second kappa shape index (κ2) is 10.1. The van der Waals surface area contributed by atoms with Crippen molar-refractivity contribution in [2.45, 2.75) is 77.5 Å². The van der Waals surface area contributed by atoms with Crippen LogP contribution in [0.1, 0.15) is 65.9 Å². The van der Waals surface area contributed by atoms with Crippen LogP contribution in [-0.2, 0) is 14.2 Å². The first-order chi connectivity index (χ1) is 16.8. The molecule has 0 spiro atoms. The number of nitrogens with zero attached hydrogens (tertiary/aromatic N) is 4. The summed E-state index contributed by atoms with van der Waals surface area (Å²) in [5.41, 5.74) is -0.0455. The first kappa shape index (κ1) is 26.6. The summed E-state index contributed by atoms with van der Waals surface area (Å²) < 4.78 is 16.2. The fourth-order valence-electron chi connectivity index (χ4n) is 4.34. The second-order valence-electron chi connectivity index (χ2n) is 11.4. The molecule has 196 valence electrons. The molecule has 4 rings (SSSR count). The topological polar surface area (TPSA) is 94.1 Å². The largest absolute Gasteiger partial charge is 0.443 e. The highest BCUT2D eigenvalue weighted by atomic mass is 35.5. The third-order valence-corrected chi connectivity index (χ3v) is 6.47. The second-order valence-corrected chi connectivity index (χ2v) is 11.8. The van der Waals surface area contributed by atoms with E-state index in [1.165, 1.54) is 0 Å². The number of imide groups is 1. The number of carbonyl (C=O) groups excluding carboxylic acids is 2. The average molecular weight is 519 g/mol. The summed E-state index contributed by atoms with van der Waals surface area (Å²) in [6, 6.07) is 4.31. The van der Waals surface area contributed by atoms with Gasteiger partial charge >= 0.3 is 12.2 Å². The molecule has 1 aromatic heterocycles. The van der Waals surface area contributed by atoms with E-state index in [0.29, 0.717) is 27.9 Å². The molecular weight excluding hydrogens is 484 g/mol. The summed E-state index contributed by atoms with van der Waals surface area (Å²) in [5, 5.41) is 1.38. The first-order valence-corrected chi connectivity index (χ1v) is 12.7. The van der Waals surface area contributed by atoms with Crippen LogP contribution >= 0.6 is 11.6 Å². The van der Waals surface area contributed by atoms with E-state index in [-0.39, 0.29) is 5.95 Å². The number of benzene rings is 1. The van der Waals surface area contributed by atoms with Gasteiger partial charge < -0.3 is 14.2 Å². The molecule has 0 saturated carbocycles. The maximum atomic E-state index is 13.0. The molecule has 1 aromatic carbocycles. The molecule has 2 saturated heterocycles. The van der Waals surface area contributed by atoms with Gasteiger partial charge in [0.2, 0.25) is 5.95 Å². The molecule has 2 amide bonds. The molecule has 0 aliphatic carbocycles. The average Bonchev–Trinajstić information content (AvgIpc) is 2.70. The van der Waals surface area contributed by atoms with Gasteiger partial charge in [-0.3, -0.25) is 4.90 Å². The van der Waals surface area contributed by atoms with Crippen LogP contribution in [0.2, 0.25) is 5.02 Å². The van der Waals surface area contributed by atoms with Gasteiger partial charge in [0.15, 0.2) is 0 Å². The SMILES string of the molecule is CC(C)(C)OC(=O)N(C(=O)OC(C)(C)C)c1ncc2cc(Cl)c(C3CCN(C4COC4)CC3)cc2n1. The standard InChI is InChI=1S/C26H35ClN4O5/c1-25(2,3)35-23(32)31(24(33)36-26(4,5)6)22-28-13-17-11-20(27)19(12-21(17)29-22)16-7-9-30(10-8-16)18-14-34-15-18/h11-13,16,18H,7-10,14-15H2,1-6H3. The van der Waals surface area contributed by atoms with E-state index in [1.54, 1.807) is 47.7 Å². The van der Waals surface area contributed by atoms with Gasteiger partial charge in [-0.2, -0.15) is 0 Å². The predicted octanol–water partition coefficient (Wildman–Crippen LogP) is 5.54. The molecule has 10 heteroatoms. The van der Waals surface area contributed by atoms with Gasteiger partial charge in [0.05, 0.1) is 24.8 Å². The lowest BCUT2D eigenvalue weighted by Crippen LogP contribution is -2.51. The van der Waals surface area contributed by atoms with E-state index in [1.807, 2.05) is 12.1 Å². The van der Waals surface area contributed by atoms with Crippen molar-refractivity contribution in [3.05, 3.63) is 28.9 Å². The third kappa shape index (κ3) is 6.25. The van der Waals surface area contributed by atoms with Crippen LogP contribution in [0.15, 0.2) is 18.3 Å². The van der Waals surface area contributed by atoms with Crippen molar-refractivity contribution in [2.24, 2.45) is 0 Å². The van der Waals surface area contributed by atoms with E-state index in [4.69, 9.17) is 25.8 Å². The predicted molar refractivity (Wildman–Crippen MR) is 138 cm³/mol. The van der Waals surface area contributed by atoms with E-state index in [2.05, 4.69) is 14.9 Å². The van der Waals surface area contributed by atoms with Crippen molar-refractivity contribution < 1.29 is 23.8 Å². The minimum atomic E-state index is -0.905. The monoisotopic (exact) mass is 518 g/mol. The lowest BCUT2D eigenvalue weighted by Gasteiger charge is -2.41. The number of rotatable bonds is 3. The van der Waals surface area contributed by atoms with Crippen molar-refractivity contribution in [1.29, 1.82) is 0 Å². The number of ether oxygens (including phenoxy) is 3. The summed E-state index contributed by atoms with van der Waals surface area (Å²) in [6.45, 7) is 13.9. The highest BCUT2D eigenvalue weighted by Crippen LogP contribution is 2.36. The number of amides is 2. The molecule has 0 radical (unpaired) electrons. The number of anilines is 1. The quantitative estimate of drug-likeness (QED) is 0.523. The van der Waals surface area contributed by atoms with Crippen molar-refractivity contribution in [1.82, 2.24) is 14.9 Å². The van der Waals surface area contributed by atoms with E-state index in [0.717, 1.165) is 49.6 Å². The minimum absolute atomic E-state index is 0.112. The number of fused-ring (bicyclic) bond motifs is 1. The molecule has 0 atom stereocenters. The smallest absolute Gasteiger partial charge is 0.427 e. The zero-order chi connectivity index (χ0) is 26.3. The maximum Gasteiger partial charge on any atom is 0.427 e.